The van der Waals surface area contributed by atoms with Crippen LogP contribution in [0.3, 0.4) is 0 Å². The van der Waals surface area contributed by atoms with Gasteiger partial charge in [-0.3, -0.25) is 19.6 Å². The molecule has 0 bridgehead atoms. The Morgan fingerprint density at radius 3 is 1.52 bits per heavy atom. The Kier molecular flexibility index (Phi) is 22.0. The summed E-state index contributed by atoms with van der Waals surface area (Å²) in [7, 11) is 3.56. The monoisotopic (exact) mass is 1370 g/mol. The lowest BCUT2D eigenvalue weighted by atomic mass is 9.96. The van der Waals surface area contributed by atoms with Crippen LogP contribution in [0.1, 0.15) is 110 Å². The number of aromatic nitrogens is 10. The fraction of sp³-hybridized carbons (Fsp3) is 0.395. The van der Waals surface area contributed by atoms with Gasteiger partial charge in [0.15, 0.2) is 5.75 Å². The van der Waals surface area contributed by atoms with E-state index in [9.17, 15) is 9.59 Å². The second-order valence-electron chi connectivity index (χ2n) is 25.7. The molecule has 0 aliphatic carbocycles. The fourth-order valence-electron chi connectivity index (χ4n) is 14.8. The lowest BCUT2D eigenvalue weighted by molar-refractivity contribution is -0.120. The maximum Gasteiger partial charge on any atom is 0.298 e. The molecule has 4 aliphatic rings. The molecule has 12 aromatic rings. The van der Waals surface area contributed by atoms with Gasteiger partial charge in [-0.2, -0.15) is 0 Å². The highest BCUT2D eigenvalue weighted by atomic mass is 16.5. The van der Waals surface area contributed by atoms with E-state index >= 15 is 0 Å². The van der Waals surface area contributed by atoms with Crippen LogP contribution in [0.5, 0.6) is 17.2 Å². The SMILES string of the molecule is CC.COc1cc2c(cc1-c1c(C)noc1C)[nH]c1nc(C)nc(-c3ccc(C(=O)NC4CCN(C5CCOCC5)CC4)c4ncccc34)c12.COc1cc2c(cc1-c1c(C)noc1C)[nH]c1nc(C)nc(-c3ccc(OC=O)c4ncccc34)c12.NC1CCN(C2CCOCC2)CC1.[3H][B]O. The quantitative estimate of drug-likeness (QED) is 0.0561. The van der Waals surface area contributed by atoms with E-state index in [-0.39, 0.29) is 20.0 Å². The van der Waals surface area contributed by atoms with Crippen molar-refractivity contribution in [1.29, 1.82) is 1.34 Å². The summed E-state index contributed by atoms with van der Waals surface area (Å²) in [4.78, 5) is 65.4. The van der Waals surface area contributed by atoms with E-state index in [4.69, 9.17) is 64.8 Å². The van der Waals surface area contributed by atoms with Gasteiger partial charge in [-0.25, -0.2) is 19.9 Å². The van der Waals surface area contributed by atoms with Crippen LogP contribution in [0.2, 0.25) is 0 Å². The minimum atomic E-state index is -0.0949. The molecule has 0 unspecified atom stereocenters. The van der Waals surface area contributed by atoms with Crippen LogP contribution in [0.15, 0.2) is 94.2 Å². The summed E-state index contributed by atoms with van der Waals surface area (Å²) in [5, 5.41) is 23.9. The molecule has 6 N–H and O–H groups in total. The molecule has 4 aliphatic heterocycles. The maximum absolute atomic E-state index is 13.8. The molecule has 1 amide bonds. The number of likely N-dealkylation sites (tertiary alicyclic amines) is 2. The minimum Gasteiger partial charge on any atom is -0.496 e. The van der Waals surface area contributed by atoms with E-state index in [0.717, 1.165) is 182 Å². The maximum atomic E-state index is 13.8. The van der Waals surface area contributed by atoms with Crippen LogP contribution in [-0.4, -0.2) is 178 Å². The Bertz CT molecular complexity index is 4910. The van der Waals surface area contributed by atoms with Crippen molar-refractivity contribution in [1.82, 2.24) is 65.3 Å². The lowest BCUT2D eigenvalue weighted by Crippen LogP contribution is -2.49. The number of methoxy groups -OCH3 is 2. The molecule has 16 rings (SSSR count). The molecule has 101 heavy (non-hydrogen) atoms. The van der Waals surface area contributed by atoms with Gasteiger partial charge in [-0.1, -0.05) is 42.4 Å². The predicted molar refractivity (Wildman–Crippen MR) is 393 cm³/mol. The second-order valence-corrected chi connectivity index (χ2v) is 25.7. The minimum absolute atomic E-state index is 0.0949. The molecule has 12 heterocycles. The first-order chi connectivity index (χ1) is 49.7. The van der Waals surface area contributed by atoms with Crippen molar-refractivity contribution >= 4 is 86.1 Å². The van der Waals surface area contributed by atoms with Gasteiger partial charge in [-0.05, 0) is 161 Å². The van der Waals surface area contributed by atoms with Crippen LogP contribution in [0.25, 0.3) is 110 Å². The lowest BCUT2D eigenvalue weighted by Gasteiger charge is -2.39. The third kappa shape index (κ3) is 14.6. The van der Waals surface area contributed by atoms with Crippen molar-refractivity contribution in [3.05, 3.63) is 125 Å². The Hall–Kier alpha value is -9.76. The number of amides is 1. The highest BCUT2D eigenvalue weighted by Crippen LogP contribution is 2.45. The van der Waals surface area contributed by atoms with Gasteiger partial charge in [0.2, 0.25) is 0 Å². The number of aryl methyl sites for hydroxylation is 6. The number of ether oxygens (including phenoxy) is 5. The third-order valence-corrected chi connectivity index (χ3v) is 19.7. The van der Waals surface area contributed by atoms with Gasteiger partial charge in [0, 0.05) is 132 Å². The molecule has 8 aromatic heterocycles. The normalized spacial score (nSPS) is 16.0. The van der Waals surface area contributed by atoms with E-state index in [1.807, 2.05) is 116 Å². The summed E-state index contributed by atoms with van der Waals surface area (Å²) in [6, 6.07) is 25.2. The molecule has 525 valence electrons. The zero-order valence-corrected chi connectivity index (χ0v) is 59.0. The number of nitrogens with one attached hydrogen (secondary N) is 3. The summed E-state index contributed by atoms with van der Waals surface area (Å²) in [6.07, 6.45) is 12.3. The average Bonchev–Trinajstić information content (AvgIpc) is 1.36. The molecule has 1 radical (unpaired) electrons. The number of rotatable bonds is 12. The number of nitrogens with zero attached hydrogens (tertiary/aromatic N) is 10. The van der Waals surface area contributed by atoms with Gasteiger partial charge in [-0.15, -0.1) is 0 Å². The van der Waals surface area contributed by atoms with Crippen molar-refractivity contribution in [2.24, 2.45) is 5.73 Å². The number of carbonyl (C=O) groups excluding carboxylic acids is 2. The molecule has 4 saturated heterocycles. The first-order valence-corrected chi connectivity index (χ1v) is 34.7. The molecule has 0 saturated carbocycles. The van der Waals surface area contributed by atoms with E-state index in [1.165, 1.54) is 38.8 Å². The zero-order chi connectivity index (χ0) is 71.7. The number of piperidine rings is 2. The Balaban J connectivity index is 0.000000159. The summed E-state index contributed by atoms with van der Waals surface area (Å²) in [6.45, 7) is 23.7. The number of carbonyl (C=O) groups is 2. The molecular weight excluding hydrogens is 1280 g/mol. The van der Waals surface area contributed by atoms with Crippen LogP contribution >= 0.6 is 0 Å². The molecule has 25 heteroatoms. The van der Waals surface area contributed by atoms with Crippen LogP contribution < -0.4 is 25.3 Å². The topological polar surface area (TPSA) is 306 Å². The Labute approximate surface area is 588 Å². The van der Waals surface area contributed by atoms with E-state index in [2.05, 4.69) is 51.4 Å². The number of benzene rings is 4. The van der Waals surface area contributed by atoms with Crippen molar-refractivity contribution in [2.45, 2.75) is 131 Å². The first-order valence-electron chi connectivity index (χ1n) is 35.3. The summed E-state index contributed by atoms with van der Waals surface area (Å²) >= 11 is 0. The molecule has 4 fully saturated rings. The first kappa shape index (κ1) is 69.7. The van der Waals surface area contributed by atoms with E-state index in [1.54, 1.807) is 32.7 Å². The average molecular weight is 1370 g/mol. The van der Waals surface area contributed by atoms with Gasteiger partial charge in [0.1, 0.15) is 51.5 Å². The van der Waals surface area contributed by atoms with Gasteiger partial charge >= 0.3 is 0 Å². The Morgan fingerprint density at radius 1 is 0.614 bits per heavy atom. The van der Waals surface area contributed by atoms with Crippen molar-refractivity contribution in [3.63, 3.8) is 0 Å². The number of fused-ring (bicyclic) bond motifs is 8. The van der Waals surface area contributed by atoms with E-state index in [0.29, 0.717) is 75.5 Å². The van der Waals surface area contributed by atoms with Gasteiger partial charge in [0.25, 0.3) is 20.4 Å². The number of nitrogens with two attached hydrogens (primary N) is 1. The van der Waals surface area contributed by atoms with Gasteiger partial charge in [0.05, 0.1) is 70.0 Å². The summed E-state index contributed by atoms with van der Waals surface area (Å²) < 4.78 is 44.3. The van der Waals surface area contributed by atoms with Crippen LogP contribution in [0.4, 0.5) is 0 Å². The summed E-state index contributed by atoms with van der Waals surface area (Å²) in [5.41, 5.74) is 19.2. The largest absolute Gasteiger partial charge is 0.496 e. The molecule has 0 atom stereocenters. The Morgan fingerprint density at radius 2 is 1.07 bits per heavy atom. The van der Waals surface area contributed by atoms with Crippen molar-refractivity contribution in [3.8, 4) is 62.0 Å². The third-order valence-electron chi connectivity index (χ3n) is 19.7. The molecule has 4 aromatic carbocycles. The van der Waals surface area contributed by atoms with Crippen LogP contribution in [-0.2, 0) is 14.3 Å². The fourth-order valence-corrected chi connectivity index (χ4v) is 14.8. The van der Waals surface area contributed by atoms with Crippen LogP contribution in [0, 0.1) is 41.5 Å². The number of aromatic amines is 2. The van der Waals surface area contributed by atoms with E-state index < -0.39 is 0 Å². The van der Waals surface area contributed by atoms with Crippen molar-refractivity contribution in [2.75, 3.05) is 66.8 Å². The number of hydrogen-bond acceptors (Lipinski definition) is 21. The molecular formula is C76H88BN14O10. The molecule has 24 nitrogen and oxygen atoms in total. The highest BCUT2D eigenvalue weighted by Gasteiger charge is 2.31. The number of pyridine rings is 2. The zero-order valence-electron chi connectivity index (χ0n) is 60.0. The highest BCUT2D eigenvalue weighted by molar-refractivity contribution is 6.18. The van der Waals surface area contributed by atoms with Gasteiger partial charge < -0.3 is 68.6 Å². The number of hydrogen-bond donors (Lipinski definition) is 5. The predicted octanol–water partition coefficient (Wildman–Crippen LogP) is 12.1. The standard InChI is InChI=1S/C37H39N7O4.C27H21N5O4.C10H20N2O.C2H6.BH2O/c1-20-32(21(2)48-43-20)29-18-30-28(19-31(29)46-4)33-35(39-22(3)40-36(33)42-30)26-7-8-27(34-25(26)6-5-13-38-34)37(45)41-23-9-14-44(15-10-23)24-11-16-47-17-12-24;1-13-23(14(2)36-32-13)19-10-20-18(11-22(19)34-4)24-26(29-15(3)30-27(24)31-20)17-7-8-21(35-12-33)25-16(17)6-5-9-28-25;11-9-1-5-12(6-2-9)10-3-7-13-8-4-10;2*1-2/h5-8,13,18-19,23-24H,9-12,14-17H2,1-4H3,(H,41,45)(H,39,40,42);5-12H,1-4H3,(H,29,30,31);9-10H,1-8,11H2;1-2H3;1-2H/i;;;;1T. The molecule has 0 spiro atoms. The smallest absolute Gasteiger partial charge is 0.298 e. The van der Waals surface area contributed by atoms with Crippen molar-refractivity contribution < 1.29 is 47.3 Å². The number of H-pyrrole nitrogens is 2. The second kappa shape index (κ2) is 31.8. The summed E-state index contributed by atoms with van der Waals surface area (Å²) in [5.74, 6) is 4.36.